The molecule has 0 aliphatic carbocycles. The highest BCUT2D eigenvalue weighted by molar-refractivity contribution is 7.88. The molecule has 1 unspecified atom stereocenters. The Labute approximate surface area is 140 Å². The molecule has 9 heteroatoms. The van der Waals surface area contributed by atoms with Crippen LogP contribution in [0.25, 0.3) is 0 Å². The van der Waals surface area contributed by atoms with Gasteiger partial charge in [0.1, 0.15) is 5.01 Å². The summed E-state index contributed by atoms with van der Waals surface area (Å²) < 4.78 is 27.2. The van der Waals surface area contributed by atoms with E-state index in [9.17, 15) is 8.42 Å². The van der Waals surface area contributed by atoms with Crippen LogP contribution in [0.1, 0.15) is 28.9 Å². The van der Waals surface area contributed by atoms with Crippen LogP contribution >= 0.6 is 11.3 Å². The third kappa shape index (κ3) is 4.37. The summed E-state index contributed by atoms with van der Waals surface area (Å²) in [5, 5.41) is 3.18. The quantitative estimate of drug-likeness (QED) is 0.841. The number of nitrogens with zero attached hydrogens (tertiary/aromatic N) is 4. The number of hydrogen-bond donors (Lipinski definition) is 1. The van der Waals surface area contributed by atoms with E-state index in [-0.39, 0.29) is 6.04 Å². The van der Waals surface area contributed by atoms with Gasteiger partial charge in [-0.15, -0.1) is 11.3 Å². The van der Waals surface area contributed by atoms with Crippen molar-refractivity contribution in [2.45, 2.75) is 32.5 Å². The van der Waals surface area contributed by atoms with Crippen molar-refractivity contribution in [2.24, 2.45) is 0 Å². The highest BCUT2D eigenvalue weighted by atomic mass is 32.2. The van der Waals surface area contributed by atoms with E-state index in [1.54, 1.807) is 11.3 Å². The standard InChI is InChI=1S/C14H21N5O2S2/c1-11-9-22-14(17-11)8-18-6-12(3-4-16-23(2,20)21)19-10-15-5-13(19)7-18/h5,9-10,12,16H,3-4,6-8H2,1-2H3. The minimum atomic E-state index is -3.15. The molecule has 0 bridgehead atoms. The molecule has 3 rings (SSSR count). The minimum Gasteiger partial charge on any atom is -0.329 e. The molecule has 23 heavy (non-hydrogen) atoms. The Hall–Kier alpha value is -1.29. The zero-order valence-corrected chi connectivity index (χ0v) is 14.9. The van der Waals surface area contributed by atoms with Gasteiger partial charge in [-0.05, 0) is 13.3 Å². The van der Waals surface area contributed by atoms with Gasteiger partial charge in [-0.25, -0.2) is 23.1 Å². The van der Waals surface area contributed by atoms with Gasteiger partial charge in [0, 0.05) is 42.9 Å². The summed E-state index contributed by atoms with van der Waals surface area (Å²) in [4.78, 5) is 11.1. The predicted molar refractivity (Wildman–Crippen MR) is 89.7 cm³/mol. The van der Waals surface area contributed by atoms with Crippen molar-refractivity contribution >= 4 is 21.4 Å². The molecule has 126 valence electrons. The average Bonchev–Trinajstić information content (AvgIpc) is 3.06. The van der Waals surface area contributed by atoms with Crippen LogP contribution in [0.5, 0.6) is 0 Å². The molecular weight excluding hydrogens is 334 g/mol. The van der Waals surface area contributed by atoms with Gasteiger partial charge in [-0.3, -0.25) is 4.90 Å². The summed E-state index contributed by atoms with van der Waals surface area (Å²) >= 11 is 1.68. The van der Waals surface area contributed by atoms with Gasteiger partial charge in [0.15, 0.2) is 0 Å². The van der Waals surface area contributed by atoms with Gasteiger partial charge in [0.2, 0.25) is 10.0 Å². The van der Waals surface area contributed by atoms with Crippen LogP contribution < -0.4 is 4.72 Å². The lowest BCUT2D eigenvalue weighted by Gasteiger charge is -2.34. The molecule has 1 atom stereocenters. The monoisotopic (exact) mass is 355 g/mol. The molecule has 0 saturated heterocycles. The molecule has 2 aromatic rings. The zero-order valence-electron chi connectivity index (χ0n) is 13.3. The molecule has 0 spiro atoms. The Balaban J connectivity index is 1.67. The number of rotatable bonds is 6. The van der Waals surface area contributed by atoms with E-state index in [0.717, 1.165) is 42.5 Å². The number of aromatic nitrogens is 3. The predicted octanol–water partition coefficient (Wildman–Crippen LogP) is 1.14. The number of hydrogen-bond acceptors (Lipinski definition) is 6. The molecule has 0 radical (unpaired) electrons. The van der Waals surface area contributed by atoms with Crippen LogP contribution in [-0.2, 0) is 23.1 Å². The van der Waals surface area contributed by atoms with Crippen molar-refractivity contribution in [3.63, 3.8) is 0 Å². The smallest absolute Gasteiger partial charge is 0.208 e. The van der Waals surface area contributed by atoms with Gasteiger partial charge < -0.3 is 4.57 Å². The first-order valence-corrected chi connectivity index (χ1v) is 10.3. The van der Waals surface area contributed by atoms with Crippen LogP contribution in [0, 0.1) is 6.92 Å². The lowest BCUT2D eigenvalue weighted by Crippen LogP contribution is -2.38. The van der Waals surface area contributed by atoms with Crippen molar-refractivity contribution in [3.8, 4) is 0 Å². The molecule has 1 aliphatic rings. The molecule has 2 aromatic heterocycles. The second kappa shape index (κ2) is 6.68. The van der Waals surface area contributed by atoms with Crippen LogP contribution in [-0.4, -0.2) is 47.2 Å². The Kier molecular flexibility index (Phi) is 4.81. The van der Waals surface area contributed by atoms with Gasteiger partial charge in [0.05, 0.1) is 24.8 Å². The fraction of sp³-hybridized carbons (Fsp3) is 0.571. The Morgan fingerprint density at radius 1 is 1.48 bits per heavy atom. The maximum absolute atomic E-state index is 11.2. The van der Waals surface area contributed by atoms with Crippen molar-refractivity contribution in [1.29, 1.82) is 0 Å². The summed E-state index contributed by atoms with van der Waals surface area (Å²) in [6, 6.07) is 0.219. The van der Waals surface area contributed by atoms with Crippen LogP contribution in [0.4, 0.5) is 0 Å². The van der Waals surface area contributed by atoms with Crippen molar-refractivity contribution in [2.75, 3.05) is 19.3 Å². The third-order valence-electron chi connectivity index (χ3n) is 3.86. The van der Waals surface area contributed by atoms with Crippen LogP contribution in [0.2, 0.25) is 0 Å². The highest BCUT2D eigenvalue weighted by Crippen LogP contribution is 2.25. The second-order valence-electron chi connectivity index (χ2n) is 5.95. The topological polar surface area (TPSA) is 80.1 Å². The van der Waals surface area contributed by atoms with Gasteiger partial charge >= 0.3 is 0 Å². The van der Waals surface area contributed by atoms with E-state index >= 15 is 0 Å². The van der Waals surface area contributed by atoms with Gasteiger partial charge in [-0.2, -0.15) is 0 Å². The SMILES string of the molecule is Cc1csc(CN2Cc3cncn3C(CCNS(C)(=O)=O)C2)n1. The first kappa shape index (κ1) is 16.6. The number of sulfonamides is 1. The molecule has 0 saturated carbocycles. The first-order chi connectivity index (χ1) is 10.9. The molecule has 1 aliphatic heterocycles. The second-order valence-corrected chi connectivity index (χ2v) is 8.73. The summed E-state index contributed by atoms with van der Waals surface area (Å²) in [6.45, 7) is 4.97. The Bertz CT molecular complexity index is 768. The zero-order chi connectivity index (χ0) is 16.4. The summed E-state index contributed by atoms with van der Waals surface area (Å²) in [5.74, 6) is 0. The number of imidazole rings is 1. The van der Waals surface area contributed by atoms with E-state index < -0.39 is 10.0 Å². The highest BCUT2D eigenvalue weighted by Gasteiger charge is 2.25. The van der Waals surface area contributed by atoms with Gasteiger partial charge in [-0.1, -0.05) is 0 Å². The van der Waals surface area contributed by atoms with Gasteiger partial charge in [0.25, 0.3) is 0 Å². The summed E-state index contributed by atoms with van der Waals surface area (Å²) in [5.41, 5.74) is 2.22. The first-order valence-electron chi connectivity index (χ1n) is 7.49. The largest absolute Gasteiger partial charge is 0.329 e. The number of nitrogens with one attached hydrogen (secondary N) is 1. The number of thiazole rings is 1. The molecule has 0 amide bonds. The molecule has 3 heterocycles. The van der Waals surface area contributed by atoms with Crippen molar-refractivity contribution in [1.82, 2.24) is 24.2 Å². The molecular formula is C14H21N5O2S2. The average molecular weight is 355 g/mol. The molecule has 1 N–H and O–H groups in total. The molecule has 7 nitrogen and oxygen atoms in total. The van der Waals surface area contributed by atoms with Crippen LogP contribution in [0.3, 0.4) is 0 Å². The van der Waals surface area contributed by atoms with E-state index in [1.165, 1.54) is 6.26 Å². The lowest BCUT2D eigenvalue weighted by molar-refractivity contribution is 0.172. The minimum absolute atomic E-state index is 0.219. The Morgan fingerprint density at radius 2 is 2.30 bits per heavy atom. The van der Waals surface area contributed by atoms with Crippen molar-refractivity contribution in [3.05, 3.63) is 34.3 Å². The summed E-state index contributed by atoms with van der Waals surface area (Å²) in [6.07, 6.45) is 5.65. The van der Waals surface area contributed by atoms with E-state index in [4.69, 9.17) is 0 Å². The van der Waals surface area contributed by atoms with Crippen LogP contribution in [0.15, 0.2) is 17.9 Å². The molecule has 0 aromatic carbocycles. The fourth-order valence-electron chi connectivity index (χ4n) is 2.89. The van der Waals surface area contributed by atoms with E-state index in [2.05, 4.69) is 29.5 Å². The van der Waals surface area contributed by atoms with E-state index in [1.807, 2.05) is 19.4 Å². The number of aryl methyl sites for hydroxylation is 1. The third-order valence-corrected chi connectivity index (χ3v) is 5.54. The lowest BCUT2D eigenvalue weighted by atomic mass is 10.1. The summed E-state index contributed by atoms with van der Waals surface area (Å²) in [7, 11) is -3.15. The van der Waals surface area contributed by atoms with Crippen molar-refractivity contribution < 1.29 is 8.42 Å². The Morgan fingerprint density at radius 3 is 3.00 bits per heavy atom. The number of fused-ring (bicyclic) bond motifs is 1. The maximum atomic E-state index is 11.2. The maximum Gasteiger partial charge on any atom is 0.208 e. The fourth-order valence-corrected chi connectivity index (χ4v) is 4.19. The molecule has 0 fully saturated rings. The normalized spacial score (nSPS) is 19.0. The van der Waals surface area contributed by atoms with E-state index in [0.29, 0.717) is 6.54 Å².